The lowest BCUT2D eigenvalue weighted by Gasteiger charge is -2.19. The first kappa shape index (κ1) is 14.3. The molecule has 0 bridgehead atoms. The van der Waals surface area contributed by atoms with Crippen LogP contribution >= 0.6 is 0 Å². The van der Waals surface area contributed by atoms with Crippen LogP contribution in [0.4, 0.5) is 0 Å². The highest BCUT2D eigenvalue weighted by molar-refractivity contribution is 5.88. The maximum Gasteiger partial charge on any atom is 0.258 e. The first-order valence-corrected chi connectivity index (χ1v) is 6.62. The number of amides is 1. The molecule has 0 radical (unpaired) electrons. The minimum absolute atomic E-state index is 0.00983. The van der Waals surface area contributed by atoms with Crippen LogP contribution in [0.15, 0.2) is 42.5 Å². The molecular formula is C16H20N2O2. The van der Waals surface area contributed by atoms with Gasteiger partial charge >= 0.3 is 0 Å². The zero-order valence-corrected chi connectivity index (χ0v) is 11.8. The molecule has 20 heavy (non-hydrogen) atoms. The minimum Gasteiger partial charge on any atom is -0.483 e. The molecule has 4 heteroatoms. The third-order valence-electron chi connectivity index (χ3n) is 2.85. The maximum absolute atomic E-state index is 11.7. The Labute approximate surface area is 118 Å². The smallest absolute Gasteiger partial charge is 0.258 e. The Morgan fingerprint density at radius 3 is 2.65 bits per heavy atom. The van der Waals surface area contributed by atoms with Crippen molar-refractivity contribution in [2.45, 2.75) is 19.4 Å². The maximum atomic E-state index is 11.7. The van der Waals surface area contributed by atoms with Gasteiger partial charge in [0, 0.05) is 17.5 Å². The van der Waals surface area contributed by atoms with Crippen molar-refractivity contribution in [3.05, 3.63) is 42.5 Å². The molecule has 0 aliphatic rings. The molecule has 0 unspecified atom stereocenters. The highest BCUT2D eigenvalue weighted by Gasteiger charge is 2.12. The molecule has 1 amide bonds. The van der Waals surface area contributed by atoms with Gasteiger partial charge in [0.05, 0.1) is 0 Å². The fourth-order valence-electron chi connectivity index (χ4n) is 1.84. The lowest BCUT2D eigenvalue weighted by atomic mass is 10.1. The monoisotopic (exact) mass is 272 g/mol. The average Bonchev–Trinajstić information content (AvgIpc) is 2.42. The van der Waals surface area contributed by atoms with Gasteiger partial charge in [-0.3, -0.25) is 4.79 Å². The van der Waals surface area contributed by atoms with Crippen LogP contribution in [-0.2, 0) is 4.79 Å². The van der Waals surface area contributed by atoms with Crippen molar-refractivity contribution in [3.8, 4) is 5.75 Å². The summed E-state index contributed by atoms with van der Waals surface area (Å²) < 4.78 is 5.59. The summed E-state index contributed by atoms with van der Waals surface area (Å²) >= 11 is 0. The number of rotatable bonds is 5. The van der Waals surface area contributed by atoms with Crippen molar-refractivity contribution >= 4 is 16.7 Å². The molecular weight excluding hydrogens is 252 g/mol. The molecule has 0 saturated heterocycles. The Balaban J connectivity index is 1.98. The number of nitrogens with two attached hydrogens (primary N) is 1. The first-order chi connectivity index (χ1) is 9.46. The Morgan fingerprint density at radius 1 is 1.20 bits per heavy atom. The number of benzene rings is 2. The number of hydrogen-bond acceptors (Lipinski definition) is 3. The molecule has 2 aromatic rings. The van der Waals surface area contributed by atoms with Crippen molar-refractivity contribution < 1.29 is 9.53 Å². The van der Waals surface area contributed by atoms with Gasteiger partial charge in [-0.1, -0.05) is 36.4 Å². The van der Waals surface area contributed by atoms with E-state index in [9.17, 15) is 4.79 Å². The summed E-state index contributed by atoms with van der Waals surface area (Å²) in [6.45, 7) is 4.13. The molecule has 4 nitrogen and oxygen atoms in total. The van der Waals surface area contributed by atoms with Crippen LogP contribution in [0, 0.1) is 0 Å². The molecule has 106 valence electrons. The molecule has 0 heterocycles. The third-order valence-corrected chi connectivity index (χ3v) is 2.85. The van der Waals surface area contributed by atoms with E-state index in [1.807, 2.05) is 56.3 Å². The summed E-state index contributed by atoms with van der Waals surface area (Å²) in [7, 11) is 0. The highest BCUT2D eigenvalue weighted by atomic mass is 16.5. The summed E-state index contributed by atoms with van der Waals surface area (Å²) in [5.41, 5.74) is 5.39. The van der Waals surface area contributed by atoms with E-state index in [2.05, 4.69) is 5.32 Å². The molecule has 0 fully saturated rings. The normalized spacial score (nSPS) is 11.3. The van der Waals surface area contributed by atoms with Crippen LogP contribution in [0.3, 0.4) is 0 Å². The molecule has 2 aromatic carbocycles. The van der Waals surface area contributed by atoms with E-state index >= 15 is 0 Å². The second kappa shape index (κ2) is 5.92. The molecule has 0 atom stereocenters. The van der Waals surface area contributed by atoms with E-state index in [4.69, 9.17) is 10.5 Å². The van der Waals surface area contributed by atoms with Gasteiger partial charge in [-0.2, -0.15) is 0 Å². The average molecular weight is 272 g/mol. The second-order valence-electron chi connectivity index (χ2n) is 5.53. The molecule has 0 spiro atoms. The van der Waals surface area contributed by atoms with E-state index in [0.29, 0.717) is 12.3 Å². The molecule has 0 aliphatic carbocycles. The van der Waals surface area contributed by atoms with Crippen molar-refractivity contribution in [2.24, 2.45) is 5.73 Å². The van der Waals surface area contributed by atoms with Crippen LogP contribution in [0.2, 0.25) is 0 Å². The number of nitrogens with one attached hydrogen (secondary N) is 1. The van der Waals surface area contributed by atoms with Crippen molar-refractivity contribution in [3.63, 3.8) is 0 Å². The third kappa shape index (κ3) is 3.96. The Morgan fingerprint density at radius 2 is 1.90 bits per heavy atom. The summed E-state index contributed by atoms with van der Waals surface area (Å²) in [4.78, 5) is 11.7. The number of ether oxygens (including phenoxy) is 1. The topological polar surface area (TPSA) is 64.3 Å². The first-order valence-electron chi connectivity index (χ1n) is 6.62. The zero-order valence-electron chi connectivity index (χ0n) is 11.8. The molecule has 0 aliphatic heterocycles. The van der Waals surface area contributed by atoms with Crippen LogP contribution in [0.1, 0.15) is 13.8 Å². The summed E-state index contributed by atoms with van der Waals surface area (Å²) in [6.07, 6.45) is 0. The second-order valence-corrected chi connectivity index (χ2v) is 5.53. The number of carbonyl (C=O) groups is 1. The van der Waals surface area contributed by atoms with E-state index in [-0.39, 0.29) is 12.5 Å². The lowest BCUT2D eigenvalue weighted by molar-refractivity contribution is -0.123. The Hall–Kier alpha value is -2.07. The van der Waals surface area contributed by atoms with Gasteiger partial charge in [-0.05, 0) is 25.3 Å². The fraction of sp³-hybridized carbons (Fsp3) is 0.312. The molecule has 3 N–H and O–H groups in total. The standard InChI is InChI=1S/C16H20N2O2/c1-16(2,17)11-18-15(19)10-20-14-9-5-7-12-6-3-4-8-13(12)14/h3-9H,10-11,17H2,1-2H3,(H,18,19). The van der Waals surface area contributed by atoms with Crippen LogP contribution < -0.4 is 15.8 Å². The number of hydrogen-bond donors (Lipinski definition) is 2. The fourth-order valence-corrected chi connectivity index (χ4v) is 1.84. The van der Waals surface area contributed by atoms with Crippen LogP contribution in [0.25, 0.3) is 10.8 Å². The van der Waals surface area contributed by atoms with Gasteiger partial charge in [-0.25, -0.2) is 0 Å². The zero-order chi connectivity index (χ0) is 14.6. The molecule has 0 saturated carbocycles. The molecule has 0 aromatic heterocycles. The Kier molecular flexibility index (Phi) is 4.25. The lowest BCUT2D eigenvalue weighted by Crippen LogP contribution is -2.46. The number of fused-ring (bicyclic) bond motifs is 1. The van der Waals surface area contributed by atoms with Gasteiger partial charge < -0.3 is 15.8 Å². The Bertz CT molecular complexity index is 597. The van der Waals surface area contributed by atoms with Gasteiger partial charge in [-0.15, -0.1) is 0 Å². The van der Waals surface area contributed by atoms with Crippen LogP contribution in [0.5, 0.6) is 5.75 Å². The van der Waals surface area contributed by atoms with Crippen molar-refractivity contribution in [1.82, 2.24) is 5.32 Å². The predicted octanol–water partition coefficient (Wildman–Crippen LogP) is 2.07. The summed E-state index contributed by atoms with van der Waals surface area (Å²) in [5, 5.41) is 4.84. The van der Waals surface area contributed by atoms with Gasteiger partial charge in [0.2, 0.25) is 0 Å². The molecule has 2 rings (SSSR count). The predicted molar refractivity (Wildman–Crippen MR) is 80.7 cm³/mol. The summed E-state index contributed by atoms with van der Waals surface area (Å²) in [6, 6.07) is 13.7. The van der Waals surface area contributed by atoms with E-state index in [0.717, 1.165) is 10.8 Å². The van der Waals surface area contributed by atoms with E-state index in [1.54, 1.807) is 0 Å². The quantitative estimate of drug-likeness (QED) is 0.875. The summed E-state index contributed by atoms with van der Waals surface area (Å²) in [5.74, 6) is 0.543. The highest BCUT2D eigenvalue weighted by Crippen LogP contribution is 2.24. The van der Waals surface area contributed by atoms with Gasteiger partial charge in [0.25, 0.3) is 5.91 Å². The SMILES string of the molecule is CC(C)(N)CNC(=O)COc1cccc2ccccc12. The van der Waals surface area contributed by atoms with Gasteiger partial charge in [0.1, 0.15) is 5.75 Å². The van der Waals surface area contributed by atoms with Crippen LogP contribution in [-0.4, -0.2) is 24.6 Å². The van der Waals surface area contributed by atoms with Crippen molar-refractivity contribution in [2.75, 3.05) is 13.2 Å². The largest absolute Gasteiger partial charge is 0.483 e. The van der Waals surface area contributed by atoms with E-state index in [1.165, 1.54) is 0 Å². The van der Waals surface area contributed by atoms with Crippen molar-refractivity contribution in [1.29, 1.82) is 0 Å². The van der Waals surface area contributed by atoms with E-state index < -0.39 is 5.54 Å². The van der Waals surface area contributed by atoms with Gasteiger partial charge in [0.15, 0.2) is 6.61 Å². The minimum atomic E-state index is -0.422. The number of carbonyl (C=O) groups excluding carboxylic acids is 1.